The topological polar surface area (TPSA) is 37.8 Å². The average molecular weight is 256 g/mol. The summed E-state index contributed by atoms with van der Waals surface area (Å²) in [5.74, 6) is 1.60. The number of aryl methyl sites for hydroxylation is 1. The van der Waals surface area contributed by atoms with E-state index in [4.69, 9.17) is 0 Å². The van der Waals surface area contributed by atoms with Crippen LogP contribution in [0.1, 0.15) is 25.5 Å². The lowest BCUT2D eigenvalue weighted by atomic mass is 9.82. The highest BCUT2D eigenvalue weighted by Gasteiger charge is 2.25. The molecule has 14 heavy (non-hydrogen) atoms. The smallest absolute Gasteiger partial charge is 0.223 e. The number of hydrogen-bond acceptors (Lipinski definition) is 3. The molecule has 0 saturated heterocycles. The molecule has 1 aliphatic carbocycles. The van der Waals surface area contributed by atoms with Gasteiger partial charge in [-0.05, 0) is 41.6 Å². The zero-order valence-electron chi connectivity index (χ0n) is 8.42. The Bertz CT molecular complexity index is 334. The van der Waals surface area contributed by atoms with E-state index >= 15 is 0 Å². The molecular weight excluding hydrogens is 242 g/mol. The van der Waals surface area contributed by atoms with Gasteiger partial charge in [-0.3, -0.25) is 0 Å². The van der Waals surface area contributed by atoms with Crippen molar-refractivity contribution < 1.29 is 0 Å². The fourth-order valence-electron chi connectivity index (χ4n) is 1.72. The van der Waals surface area contributed by atoms with Crippen LogP contribution in [0.4, 0.5) is 5.95 Å². The van der Waals surface area contributed by atoms with Gasteiger partial charge in [-0.2, -0.15) is 0 Å². The molecule has 0 spiro atoms. The number of aromatic nitrogens is 2. The van der Waals surface area contributed by atoms with Crippen LogP contribution in [0.15, 0.2) is 10.7 Å². The third-order valence-corrected chi connectivity index (χ3v) is 3.40. The molecule has 1 heterocycles. The molecule has 3 nitrogen and oxygen atoms in total. The Labute approximate surface area is 92.5 Å². The van der Waals surface area contributed by atoms with Crippen LogP contribution >= 0.6 is 15.9 Å². The summed E-state index contributed by atoms with van der Waals surface area (Å²) in [6.45, 7) is 4.24. The molecule has 2 rings (SSSR count). The summed E-state index contributed by atoms with van der Waals surface area (Å²) in [5, 5.41) is 3.33. The van der Waals surface area contributed by atoms with Gasteiger partial charge in [0.05, 0.1) is 10.2 Å². The summed E-state index contributed by atoms with van der Waals surface area (Å²) in [4.78, 5) is 8.57. The molecule has 1 aliphatic rings. The first-order valence-corrected chi connectivity index (χ1v) is 5.70. The molecule has 0 unspecified atom stereocenters. The maximum atomic E-state index is 4.35. The van der Waals surface area contributed by atoms with Crippen LogP contribution in [0.25, 0.3) is 0 Å². The fourth-order valence-corrected chi connectivity index (χ4v) is 1.92. The Morgan fingerprint density at radius 3 is 2.79 bits per heavy atom. The molecule has 1 N–H and O–H groups in total. The molecule has 1 saturated carbocycles. The van der Waals surface area contributed by atoms with Crippen molar-refractivity contribution in [1.29, 1.82) is 0 Å². The van der Waals surface area contributed by atoms with Crippen LogP contribution in [-0.4, -0.2) is 16.0 Å². The minimum Gasteiger partial charge on any atom is -0.351 e. The Hall–Kier alpha value is -0.640. The molecule has 0 radical (unpaired) electrons. The third-order valence-electron chi connectivity index (χ3n) is 2.63. The lowest BCUT2D eigenvalue weighted by Crippen LogP contribution is -2.34. The zero-order valence-corrected chi connectivity index (χ0v) is 10.0. The van der Waals surface area contributed by atoms with Crippen LogP contribution in [0.2, 0.25) is 0 Å². The number of nitrogens with zero attached hydrogens (tertiary/aromatic N) is 2. The Balaban J connectivity index is 2.00. The summed E-state index contributed by atoms with van der Waals surface area (Å²) in [6, 6.07) is 0.575. The van der Waals surface area contributed by atoms with Crippen molar-refractivity contribution in [3.63, 3.8) is 0 Å². The number of hydrogen-bond donors (Lipinski definition) is 1. The fraction of sp³-hybridized carbons (Fsp3) is 0.600. The van der Waals surface area contributed by atoms with Gasteiger partial charge in [0.1, 0.15) is 0 Å². The quantitative estimate of drug-likeness (QED) is 0.884. The maximum Gasteiger partial charge on any atom is 0.223 e. The van der Waals surface area contributed by atoms with E-state index in [0.717, 1.165) is 22.0 Å². The second-order valence-corrected chi connectivity index (χ2v) is 4.90. The van der Waals surface area contributed by atoms with E-state index in [9.17, 15) is 0 Å². The average Bonchev–Trinajstić information content (AvgIpc) is 2.09. The largest absolute Gasteiger partial charge is 0.351 e. The predicted octanol–water partition coefficient (Wildman–Crippen LogP) is 2.76. The second-order valence-electron chi connectivity index (χ2n) is 4.04. The van der Waals surface area contributed by atoms with E-state index in [2.05, 4.69) is 38.1 Å². The highest BCUT2D eigenvalue weighted by Crippen LogP contribution is 2.28. The first kappa shape index (κ1) is 9.90. The molecule has 0 bridgehead atoms. The minimum absolute atomic E-state index is 0.575. The summed E-state index contributed by atoms with van der Waals surface area (Å²) in [7, 11) is 0. The predicted molar refractivity (Wildman–Crippen MR) is 60.3 cm³/mol. The molecule has 1 aromatic heterocycles. The lowest BCUT2D eigenvalue weighted by molar-refractivity contribution is 0.308. The normalized spacial score (nSPS) is 25.6. The third kappa shape index (κ3) is 2.05. The van der Waals surface area contributed by atoms with Crippen molar-refractivity contribution in [3.8, 4) is 0 Å². The van der Waals surface area contributed by atoms with E-state index < -0.39 is 0 Å². The van der Waals surface area contributed by atoms with E-state index in [0.29, 0.717) is 6.04 Å². The summed E-state index contributed by atoms with van der Waals surface area (Å²) in [5.41, 5.74) is 0.981. The van der Waals surface area contributed by atoms with Crippen molar-refractivity contribution in [2.45, 2.75) is 32.7 Å². The van der Waals surface area contributed by atoms with Crippen LogP contribution in [0, 0.1) is 12.8 Å². The molecular formula is C10H14BrN3. The van der Waals surface area contributed by atoms with Crippen molar-refractivity contribution >= 4 is 21.9 Å². The van der Waals surface area contributed by atoms with Gasteiger partial charge in [0.15, 0.2) is 0 Å². The van der Waals surface area contributed by atoms with E-state index in [1.54, 1.807) is 6.20 Å². The van der Waals surface area contributed by atoms with E-state index in [-0.39, 0.29) is 0 Å². The standard InChI is InChI=1S/C10H14BrN3/c1-6-3-8(4-6)14-10-12-5-9(11)7(2)13-10/h5-6,8H,3-4H2,1-2H3,(H,12,13,14). The van der Waals surface area contributed by atoms with Crippen molar-refractivity contribution in [2.75, 3.05) is 5.32 Å². The highest BCUT2D eigenvalue weighted by molar-refractivity contribution is 9.10. The zero-order chi connectivity index (χ0) is 10.1. The monoisotopic (exact) mass is 255 g/mol. The first-order chi connectivity index (χ1) is 6.65. The van der Waals surface area contributed by atoms with E-state index in [1.165, 1.54) is 12.8 Å². The molecule has 0 amide bonds. The SMILES string of the molecule is Cc1nc(NC2CC(C)C2)ncc1Br. The molecule has 4 heteroatoms. The van der Waals surface area contributed by atoms with Crippen molar-refractivity contribution in [3.05, 3.63) is 16.4 Å². The second kappa shape index (κ2) is 3.85. The van der Waals surface area contributed by atoms with Gasteiger partial charge in [-0.25, -0.2) is 9.97 Å². The maximum absolute atomic E-state index is 4.35. The van der Waals surface area contributed by atoms with Crippen LogP contribution < -0.4 is 5.32 Å². The number of nitrogens with one attached hydrogen (secondary N) is 1. The molecule has 1 aromatic rings. The van der Waals surface area contributed by atoms with Gasteiger partial charge in [-0.15, -0.1) is 0 Å². The molecule has 76 valence electrons. The van der Waals surface area contributed by atoms with Crippen LogP contribution in [0.3, 0.4) is 0 Å². The van der Waals surface area contributed by atoms with Crippen molar-refractivity contribution in [1.82, 2.24) is 9.97 Å². The Morgan fingerprint density at radius 2 is 2.21 bits per heavy atom. The molecule has 0 aliphatic heterocycles. The molecule has 0 atom stereocenters. The van der Waals surface area contributed by atoms with Gasteiger partial charge in [-0.1, -0.05) is 6.92 Å². The van der Waals surface area contributed by atoms with Gasteiger partial charge < -0.3 is 5.32 Å². The number of halogens is 1. The molecule has 0 aromatic carbocycles. The number of anilines is 1. The van der Waals surface area contributed by atoms with Crippen LogP contribution in [-0.2, 0) is 0 Å². The minimum atomic E-state index is 0.575. The number of rotatable bonds is 2. The molecule has 1 fully saturated rings. The van der Waals surface area contributed by atoms with Gasteiger partial charge >= 0.3 is 0 Å². The van der Waals surface area contributed by atoms with Gasteiger partial charge in [0, 0.05) is 12.2 Å². The Morgan fingerprint density at radius 1 is 1.50 bits per heavy atom. The van der Waals surface area contributed by atoms with Crippen molar-refractivity contribution in [2.24, 2.45) is 5.92 Å². The van der Waals surface area contributed by atoms with Crippen LogP contribution in [0.5, 0.6) is 0 Å². The highest BCUT2D eigenvalue weighted by atomic mass is 79.9. The lowest BCUT2D eigenvalue weighted by Gasteiger charge is -2.33. The Kier molecular flexibility index (Phi) is 2.72. The van der Waals surface area contributed by atoms with Gasteiger partial charge in [0.25, 0.3) is 0 Å². The summed E-state index contributed by atoms with van der Waals surface area (Å²) in [6.07, 6.45) is 4.27. The van der Waals surface area contributed by atoms with E-state index in [1.807, 2.05) is 6.92 Å². The van der Waals surface area contributed by atoms with Gasteiger partial charge in [0.2, 0.25) is 5.95 Å². The summed E-state index contributed by atoms with van der Waals surface area (Å²) < 4.78 is 0.963. The first-order valence-electron chi connectivity index (χ1n) is 4.91. The summed E-state index contributed by atoms with van der Waals surface area (Å²) >= 11 is 3.38.